The first-order valence-electron chi connectivity index (χ1n) is 7.89. The normalized spacial score (nSPS) is 11.0. The molecule has 0 amide bonds. The van der Waals surface area contributed by atoms with Gasteiger partial charge in [-0.05, 0) is 42.0 Å². The van der Waals surface area contributed by atoms with Crippen LogP contribution in [-0.4, -0.2) is 26.8 Å². The lowest BCUT2D eigenvalue weighted by molar-refractivity contribution is 0.416. The van der Waals surface area contributed by atoms with E-state index in [1.807, 2.05) is 42.5 Å². The molecule has 3 aromatic rings. The lowest BCUT2D eigenvalue weighted by Gasteiger charge is -2.11. The van der Waals surface area contributed by atoms with Crippen LogP contribution in [0.1, 0.15) is 0 Å². The molecule has 2 aromatic carbocycles. The number of nitrogens with one attached hydrogen (secondary N) is 2. The van der Waals surface area contributed by atoms with Gasteiger partial charge >= 0.3 is 0 Å². The van der Waals surface area contributed by atoms with Crippen LogP contribution >= 0.6 is 0 Å². The number of ether oxygens (including phenoxy) is 1. The molecular formula is C19H19N3O3S. The van der Waals surface area contributed by atoms with Crippen LogP contribution in [0.5, 0.6) is 5.75 Å². The number of sulfonamides is 1. The van der Waals surface area contributed by atoms with E-state index in [9.17, 15) is 8.42 Å². The van der Waals surface area contributed by atoms with Gasteiger partial charge in [-0.1, -0.05) is 24.3 Å². The Kier molecular flexibility index (Phi) is 5.09. The van der Waals surface area contributed by atoms with Gasteiger partial charge in [-0.25, -0.2) is 13.4 Å². The minimum Gasteiger partial charge on any atom is -0.496 e. The van der Waals surface area contributed by atoms with E-state index < -0.39 is 10.0 Å². The van der Waals surface area contributed by atoms with Crippen molar-refractivity contribution in [2.24, 2.45) is 0 Å². The molecule has 0 spiro atoms. The molecule has 7 heteroatoms. The number of hydrogen-bond acceptors (Lipinski definition) is 5. The van der Waals surface area contributed by atoms with Crippen LogP contribution in [0.25, 0.3) is 11.1 Å². The maximum absolute atomic E-state index is 11.4. The predicted octanol–water partition coefficient (Wildman–Crippen LogP) is 3.87. The van der Waals surface area contributed by atoms with Gasteiger partial charge in [0.05, 0.1) is 19.1 Å². The fraction of sp³-hybridized carbons (Fsp3) is 0.105. The van der Waals surface area contributed by atoms with Gasteiger partial charge < -0.3 is 10.1 Å². The number of pyridine rings is 1. The third-order valence-electron chi connectivity index (χ3n) is 3.62. The molecule has 0 aliphatic carbocycles. The quantitative estimate of drug-likeness (QED) is 0.689. The molecule has 0 aliphatic heterocycles. The molecule has 0 aliphatic rings. The van der Waals surface area contributed by atoms with Gasteiger partial charge in [0, 0.05) is 17.4 Å². The zero-order valence-corrected chi connectivity index (χ0v) is 15.2. The lowest BCUT2D eigenvalue weighted by Crippen LogP contribution is -2.09. The molecule has 0 bridgehead atoms. The van der Waals surface area contributed by atoms with Crippen molar-refractivity contribution in [3.05, 3.63) is 66.9 Å². The fourth-order valence-electron chi connectivity index (χ4n) is 2.57. The average Bonchev–Trinajstić information content (AvgIpc) is 2.61. The van der Waals surface area contributed by atoms with Gasteiger partial charge in [0.15, 0.2) is 0 Å². The van der Waals surface area contributed by atoms with Crippen LogP contribution in [0, 0.1) is 0 Å². The Balaban J connectivity index is 1.87. The van der Waals surface area contributed by atoms with E-state index >= 15 is 0 Å². The Morgan fingerprint density at radius 3 is 2.50 bits per heavy atom. The Morgan fingerprint density at radius 2 is 1.73 bits per heavy atom. The molecule has 3 rings (SSSR count). The second-order valence-electron chi connectivity index (χ2n) is 5.71. The van der Waals surface area contributed by atoms with Crippen LogP contribution in [0.3, 0.4) is 0 Å². The Hall–Kier alpha value is -3.06. The summed E-state index contributed by atoms with van der Waals surface area (Å²) in [7, 11) is -1.69. The number of anilines is 3. The average molecular weight is 369 g/mol. The molecule has 26 heavy (non-hydrogen) atoms. The van der Waals surface area contributed by atoms with Crippen LogP contribution in [0.4, 0.5) is 17.2 Å². The molecule has 134 valence electrons. The highest BCUT2D eigenvalue weighted by atomic mass is 32.2. The lowest BCUT2D eigenvalue weighted by atomic mass is 10.1. The van der Waals surface area contributed by atoms with Crippen molar-refractivity contribution in [1.29, 1.82) is 0 Å². The molecule has 1 aromatic heterocycles. The van der Waals surface area contributed by atoms with Crippen molar-refractivity contribution in [2.45, 2.75) is 0 Å². The van der Waals surface area contributed by atoms with Crippen molar-refractivity contribution >= 4 is 27.2 Å². The fourth-order valence-corrected chi connectivity index (χ4v) is 3.13. The Bertz CT molecular complexity index is 1020. The van der Waals surface area contributed by atoms with E-state index in [4.69, 9.17) is 4.74 Å². The minimum atomic E-state index is -3.32. The summed E-state index contributed by atoms with van der Waals surface area (Å²) in [5, 5.41) is 3.19. The molecule has 1 heterocycles. The molecular weight excluding hydrogens is 350 g/mol. The number of rotatable bonds is 6. The summed E-state index contributed by atoms with van der Waals surface area (Å²) in [6, 6.07) is 18.6. The second-order valence-corrected chi connectivity index (χ2v) is 7.46. The van der Waals surface area contributed by atoms with Crippen molar-refractivity contribution in [3.63, 3.8) is 0 Å². The standard InChI is InChI=1S/C19H19N3O3S/c1-25-18-9-4-3-8-17(18)14-10-11-20-19(12-14)21-15-6-5-7-16(13-15)22-26(2,23)24/h3-13,22H,1-2H3,(H,20,21). The first-order valence-corrected chi connectivity index (χ1v) is 9.78. The van der Waals surface area contributed by atoms with E-state index in [0.717, 1.165) is 28.8 Å². The van der Waals surface area contributed by atoms with Gasteiger partial charge in [0.1, 0.15) is 11.6 Å². The summed E-state index contributed by atoms with van der Waals surface area (Å²) in [5.74, 6) is 1.42. The van der Waals surface area contributed by atoms with Gasteiger partial charge in [-0.3, -0.25) is 4.72 Å². The molecule has 2 N–H and O–H groups in total. The highest BCUT2D eigenvalue weighted by Crippen LogP contribution is 2.31. The summed E-state index contributed by atoms with van der Waals surface area (Å²) < 4.78 is 30.6. The number of hydrogen-bond donors (Lipinski definition) is 2. The van der Waals surface area contributed by atoms with E-state index in [-0.39, 0.29) is 0 Å². The van der Waals surface area contributed by atoms with Gasteiger partial charge in [0.2, 0.25) is 10.0 Å². The number of para-hydroxylation sites is 1. The highest BCUT2D eigenvalue weighted by molar-refractivity contribution is 7.92. The van der Waals surface area contributed by atoms with Crippen LogP contribution in [0.15, 0.2) is 66.9 Å². The summed E-state index contributed by atoms with van der Waals surface area (Å²) in [6.45, 7) is 0. The molecule has 0 saturated heterocycles. The van der Waals surface area contributed by atoms with Crippen molar-refractivity contribution in [1.82, 2.24) is 4.98 Å². The van der Waals surface area contributed by atoms with E-state index in [1.54, 1.807) is 31.5 Å². The van der Waals surface area contributed by atoms with Gasteiger partial charge in [-0.2, -0.15) is 0 Å². The summed E-state index contributed by atoms with van der Waals surface area (Å²) >= 11 is 0. The molecule has 6 nitrogen and oxygen atoms in total. The largest absolute Gasteiger partial charge is 0.496 e. The number of nitrogens with zero attached hydrogens (tertiary/aromatic N) is 1. The topological polar surface area (TPSA) is 80.3 Å². The van der Waals surface area contributed by atoms with E-state index in [2.05, 4.69) is 15.0 Å². The first-order chi connectivity index (χ1) is 12.4. The predicted molar refractivity (Wildman–Crippen MR) is 104 cm³/mol. The molecule has 0 atom stereocenters. The zero-order valence-electron chi connectivity index (χ0n) is 14.4. The Morgan fingerprint density at radius 1 is 0.962 bits per heavy atom. The van der Waals surface area contributed by atoms with Crippen LogP contribution in [-0.2, 0) is 10.0 Å². The number of methoxy groups -OCH3 is 1. The minimum absolute atomic E-state index is 0.485. The third-order valence-corrected chi connectivity index (χ3v) is 4.22. The monoisotopic (exact) mass is 369 g/mol. The van der Waals surface area contributed by atoms with Crippen molar-refractivity contribution in [3.8, 4) is 16.9 Å². The number of benzene rings is 2. The molecule has 0 unspecified atom stereocenters. The maximum atomic E-state index is 11.4. The second kappa shape index (κ2) is 7.45. The van der Waals surface area contributed by atoms with E-state index in [1.165, 1.54) is 0 Å². The van der Waals surface area contributed by atoms with Gasteiger partial charge in [-0.15, -0.1) is 0 Å². The third kappa shape index (κ3) is 4.52. The Labute approximate surface area is 152 Å². The van der Waals surface area contributed by atoms with Crippen molar-refractivity contribution < 1.29 is 13.2 Å². The van der Waals surface area contributed by atoms with E-state index in [0.29, 0.717) is 11.5 Å². The SMILES string of the molecule is COc1ccccc1-c1ccnc(Nc2cccc(NS(C)(=O)=O)c2)c1. The molecule has 0 radical (unpaired) electrons. The maximum Gasteiger partial charge on any atom is 0.229 e. The molecule has 0 fully saturated rings. The molecule has 0 saturated carbocycles. The summed E-state index contributed by atoms with van der Waals surface area (Å²) in [5.41, 5.74) is 3.14. The summed E-state index contributed by atoms with van der Waals surface area (Å²) in [4.78, 5) is 4.33. The first kappa shape index (κ1) is 17.8. The summed E-state index contributed by atoms with van der Waals surface area (Å²) in [6.07, 6.45) is 2.83. The highest BCUT2D eigenvalue weighted by Gasteiger charge is 2.07. The van der Waals surface area contributed by atoms with Crippen molar-refractivity contribution in [2.75, 3.05) is 23.4 Å². The van der Waals surface area contributed by atoms with Gasteiger partial charge in [0.25, 0.3) is 0 Å². The van der Waals surface area contributed by atoms with Crippen LogP contribution in [0.2, 0.25) is 0 Å². The van der Waals surface area contributed by atoms with Crippen LogP contribution < -0.4 is 14.8 Å². The zero-order chi connectivity index (χ0) is 18.6. The number of aromatic nitrogens is 1. The smallest absolute Gasteiger partial charge is 0.229 e.